The molecule has 1 aliphatic heterocycles. The van der Waals surface area contributed by atoms with Crippen molar-refractivity contribution in [1.29, 1.82) is 0 Å². The number of carbonyl (C=O) groups is 1. The zero-order valence-electron chi connectivity index (χ0n) is 14.4. The molecule has 0 saturated heterocycles. The third kappa shape index (κ3) is 3.21. The van der Waals surface area contributed by atoms with Gasteiger partial charge in [-0.15, -0.1) is 0 Å². The molecular formula is C19H19N5O2. The molecule has 0 aliphatic carbocycles. The molecule has 4 rings (SSSR count). The molecule has 26 heavy (non-hydrogen) atoms. The first-order chi connectivity index (χ1) is 12.7. The van der Waals surface area contributed by atoms with Crippen LogP contribution in [0.2, 0.25) is 0 Å². The zero-order valence-corrected chi connectivity index (χ0v) is 14.4. The Balaban J connectivity index is 1.58. The molecule has 1 amide bonds. The van der Waals surface area contributed by atoms with Crippen molar-refractivity contribution in [1.82, 2.24) is 25.3 Å². The number of pyridine rings is 1. The van der Waals surface area contributed by atoms with Gasteiger partial charge in [0.15, 0.2) is 0 Å². The van der Waals surface area contributed by atoms with E-state index in [1.54, 1.807) is 13.2 Å². The van der Waals surface area contributed by atoms with Crippen LogP contribution in [0.3, 0.4) is 0 Å². The van der Waals surface area contributed by atoms with Crippen molar-refractivity contribution in [2.24, 2.45) is 0 Å². The van der Waals surface area contributed by atoms with E-state index in [0.717, 1.165) is 0 Å². The predicted octanol–water partition coefficient (Wildman–Crippen LogP) is 1.80. The maximum Gasteiger partial charge on any atom is 0.241 e. The molecule has 1 atom stereocenters. The Morgan fingerprint density at radius 1 is 1.23 bits per heavy atom. The second-order valence-electron chi connectivity index (χ2n) is 6.23. The molecule has 0 unspecified atom stereocenters. The average molecular weight is 349 g/mol. The van der Waals surface area contributed by atoms with E-state index in [4.69, 9.17) is 4.52 Å². The first-order valence-corrected chi connectivity index (χ1v) is 8.51. The Labute approximate surface area is 151 Å². The summed E-state index contributed by atoms with van der Waals surface area (Å²) in [5.74, 6) is 0.914. The Morgan fingerprint density at radius 3 is 2.81 bits per heavy atom. The number of hydrogen-bond donors (Lipinski definition) is 1. The van der Waals surface area contributed by atoms with E-state index >= 15 is 0 Å². The van der Waals surface area contributed by atoms with Gasteiger partial charge in [0.1, 0.15) is 5.69 Å². The van der Waals surface area contributed by atoms with Crippen LogP contribution in [0.25, 0.3) is 11.5 Å². The number of hydrogen-bond acceptors (Lipinski definition) is 6. The number of nitrogens with zero attached hydrogens (tertiary/aromatic N) is 4. The Morgan fingerprint density at radius 2 is 2.04 bits per heavy atom. The first-order valence-electron chi connectivity index (χ1n) is 8.51. The summed E-state index contributed by atoms with van der Waals surface area (Å²) in [6, 6.07) is 13.5. The van der Waals surface area contributed by atoms with Crippen molar-refractivity contribution >= 4 is 5.91 Å². The molecule has 1 N–H and O–H groups in total. The number of benzene rings is 1. The van der Waals surface area contributed by atoms with Crippen LogP contribution in [0.1, 0.15) is 17.0 Å². The molecule has 1 aromatic carbocycles. The molecule has 0 spiro atoms. The summed E-state index contributed by atoms with van der Waals surface area (Å²) in [6.07, 6.45) is 2.35. The smallest absolute Gasteiger partial charge is 0.241 e. The van der Waals surface area contributed by atoms with Gasteiger partial charge in [0.05, 0.1) is 12.6 Å². The van der Waals surface area contributed by atoms with Crippen LogP contribution >= 0.6 is 0 Å². The maximum atomic E-state index is 12.4. The van der Waals surface area contributed by atoms with Gasteiger partial charge in [0.2, 0.25) is 17.6 Å². The summed E-state index contributed by atoms with van der Waals surface area (Å²) in [5.41, 5.74) is 3.09. The largest absolute Gasteiger partial charge is 0.358 e. The number of amides is 1. The highest BCUT2D eigenvalue weighted by Crippen LogP contribution is 2.25. The molecular weight excluding hydrogens is 330 g/mol. The number of likely N-dealkylation sites (N-methyl/N-ethyl adjacent to an activating group) is 1. The van der Waals surface area contributed by atoms with Gasteiger partial charge in [0, 0.05) is 19.8 Å². The lowest BCUT2D eigenvalue weighted by molar-refractivity contribution is -0.126. The van der Waals surface area contributed by atoms with Gasteiger partial charge in [-0.3, -0.25) is 14.7 Å². The van der Waals surface area contributed by atoms with Gasteiger partial charge < -0.3 is 9.84 Å². The van der Waals surface area contributed by atoms with E-state index in [2.05, 4.69) is 37.5 Å². The van der Waals surface area contributed by atoms with Crippen LogP contribution in [-0.2, 0) is 24.3 Å². The second-order valence-corrected chi connectivity index (χ2v) is 6.23. The Kier molecular flexibility index (Phi) is 4.45. The maximum absolute atomic E-state index is 12.4. The lowest BCUT2D eigenvalue weighted by Gasteiger charge is -2.34. The number of fused-ring (bicyclic) bond motifs is 1. The number of nitrogens with one attached hydrogen (secondary N) is 1. The average Bonchev–Trinajstić information content (AvgIpc) is 3.16. The zero-order chi connectivity index (χ0) is 17.9. The van der Waals surface area contributed by atoms with Gasteiger partial charge in [0.25, 0.3) is 0 Å². The van der Waals surface area contributed by atoms with Crippen molar-refractivity contribution in [2.45, 2.75) is 25.6 Å². The monoisotopic (exact) mass is 349 g/mol. The van der Waals surface area contributed by atoms with Gasteiger partial charge in [-0.25, -0.2) is 0 Å². The van der Waals surface area contributed by atoms with Crippen molar-refractivity contribution in [3.8, 4) is 11.5 Å². The second kappa shape index (κ2) is 7.05. The molecule has 1 aliphatic rings. The number of rotatable bonds is 4. The van der Waals surface area contributed by atoms with E-state index < -0.39 is 0 Å². The molecule has 0 radical (unpaired) electrons. The molecule has 132 valence electrons. The highest BCUT2D eigenvalue weighted by Gasteiger charge is 2.32. The molecule has 0 fully saturated rings. The third-order valence-electron chi connectivity index (χ3n) is 4.60. The van der Waals surface area contributed by atoms with E-state index in [1.165, 1.54) is 11.1 Å². The van der Waals surface area contributed by atoms with Crippen molar-refractivity contribution in [3.05, 3.63) is 65.7 Å². The van der Waals surface area contributed by atoms with E-state index in [0.29, 0.717) is 36.9 Å². The van der Waals surface area contributed by atoms with Crippen molar-refractivity contribution in [2.75, 3.05) is 7.05 Å². The van der Waals surface area contributed by atoms with Crippen molar-refractivity contribution in [3.63, 3.8) is 0 Å². The standard InChI is InChI=1S/C19H19N5O2/c1-20-19(25)16-10-13-6-2-3-7-14(13)11-24(16)12-17-22-18(23-26-17)15-8-4-5-9-21-15/h2-9,16H,10-12H2,1H3,(H,20,25)/t16-/m0/s1. The number of carbonyl (C=O) groups excluding carboxylic acids is 1. The fourth-order valence-corrected chi connectivity index (χ4v) is 3.26. The van der Waals surface area contributed by atoms with Crippen molar-refractivity contribution < 1.29 is 9.32 Å². The predicted molar refractivity (Wildman–Crippen MR) is 94.8 cm³/mol. The summed E-state index contributed by atoms with van der Waals surface area (Å²) < 4.78 is 5.40. The highest BCUT2D eigenvalue weighted by atomic mass is 16.5. The van der Waals surface area contributed by atoms with E-state index in [-0.39, 0.29) is 11.9 Å². The molecule has 2 aromatic heterocycles. The fraction of sp³-hybridized carbons (Fsp3) is 0.263. The highest BCUT2D eigenvalue weighted by molar-refractivity contribution is 5.82. The first kappa shape index (κ1) is 16.4. The van der Waals surface area contributed by atoms with Crippen LogP contribution in [0, 0.1) is 0 Å². The normalized spacial score (nSPS) is 16.9. The summed E-state index contributed by atoms with van der Waals surface area (Å²) in [4.78, 5) is 23.1. The van der Waals surface area contributed by atoms with Crippen LogP contribution in [-0.4, -0.2) is 39.0 Å². The van der Waals surface area contributed by atoms with Gasteiger partial charge in [-0.1, -0.05) is 35.5 Å². The molecule has 7 heteroatoms. The summed E-state index contributed by atoms with van der Waals surface area (Å²) >= 11 is 0. The lowest BCUT2D eigenvalue weighted by Crippen LogP contribution is -2.49. The van der Waals surface area contributed by atoms with Gasteiger partial charge in [-0.05, 0) is 29.7 Å². The summed E-state index contributed by atoms with van der Waals surface area (Å²) in [6.45, 7) is 1.07. The van der Waals surface area contributed by atoms with Crippen LogP contribution in [0.5, 0.6) is 0 Å². The van der Waals surface area contributed by atoms with Crippen LogP contribution in [0.15, 0.2) is 53.2 Å². The third-order valence-corrected chi connectivity index (χ3v) is 4.60. The van der Waals surface area contributed by atoms with E-state index in [1.807, 2.05) is 30.3 Å². The van der Waals surface area contributed by atoms with E-state index in [9.17, 15) is 4.79 Å². The number of aromatic nitrogens is 3. The SMILES string of the molecule is CNC(=O)[C@@H]1Cc2ccccc2CN1Cc1nc(-c2ccccn2)no1. The Bertz CT molecular complexity index is 909. The minimum atomic E-state index is -0.264. The molecule has 0 saturated carbocycles. The Hall–Kier alpha value is -3.06. The van der Waals surface area contributed by atoms with Gasteiger partial charge in [-0.2, -0.15) is 4.98 Å². The molecule has 0 bridgehead atoms. The quantitative estimate of drug-likeness (QED) is 0.773. The van der Waals surface area contributed by atoms with Gasteiger partial charge >= 0.3 is 0 Å². The molecule has 3 aromatic rings. The van der Waals surface area contributed by atoms with Crippen LogP contribution < -0.4 is 5.32 Å². The molecule has 3 heterocycles. The topological polar surface area (TPSA) is 84.2 Å². The minimum Gasteiger partial charge on any atom is -0.358 e. The minimum absolute atomic E-state index is 0.0102. The summed E-state index contributed by atoms with van der Waals surface area (Å²) in [5, 5.41) is 6.77. The lowest BCUT2D eigenvalue weighted by atomic mass is 9.93. The fourth-order valence-electron chi connectivity index (χ4n) is 3.26. The van der Waals surface area contributed by atoms with Crippen LogP contribution in [0.4, 0.5) is 0 Å². The summed E-state index contributed by atoms with van der Waals surface area (Å²) in [7, 11) is 1.66. The molecule has 7 nitrogen and oxygen atoms in total.